The average molecular weight is 457 g/mol. The third-order valence-corrected chi connectivity index (χ3v) is 4.24. The molecule has 0 saturated carbocycles. The van der Waals surface area contributed by atoms with Crippen LogP contribution < -0.4 is 10.6 Å². The van der Waals surface area contributed by atoms with Crippen LogP contribution >= 0.6 is 24.0 Å². The van der Waals surface area contributed by atoms with E-state index in [1.54, 1.807) is 0 Å². The first kappa shape index (κ1) is 21.8. The summed E-state index contributed by atoms with van der Waals surface area (Å²) in [4.78, 5) is 10.2. The average Bonchev–Trinajstić information content (AvgIpc) is 2.96. The van der Waals surface area contributed by atoms with Gasteiger partial charge in [0.2, 0.25) is 0 Å². The predicted molar refractivity (Wildman–Crippen MR) is 119 cm³/mol. The molecule has 0 saturated heterocycles. The van der Waals surface area contributed by atoms with Gasteiger partial charge < -0.3 is 15.6 Å². The Morgan fingerprint density at radius 3 is 2.40 bits per heavy atom. The number of nitrogens with one attached hydrogen (secondary N) is 3. The highest BCUT2D eigenvalue weighted by Crippen LogP contribution is 2.14. The fourth-order valence-corrected chi connectivity index (χ4v) is 3.04. The first-order chi connectivity index (χ1) is 11.5. The van der Waals surface area contributed by atoms with Crippen molar-refractivity contribution in [2.45, 2.75) is 46.3 Å². The lowest BCUT2D eigenvalue weighted by Crippen LogP contribution is -2.45. The topological polar surface area (TPSA) is 55.5 Å². The van der Waals surface area contributed by atoms with E-state index in [2.05, 4.69) is 77.5 Å². The zero-order valence-electron chi connectivity index (χ0n) is 16.0. The van der Waals surface area contributed by atoms with E-state index in [1.165, 1.54) is 10.9 Å². The first-order valence-corrected chi connectivity index (χ1v) is 8.78. The molecular weight excluding hydrogens is 425 g/mol. The summed E-state index contributed by atoms with van der Waals surface area (Å²) in [5.74, 6) is 0.834. The van der Waals surface area contributed by atoms with Crippen molar-refractivity contribution < 1.29 is 0 Å². The maximum absolute atomic E-state index is 4.31. The van der Waals surface area contributed by atoms with Crippen LogP contribution in [0.25, 0.3) is 10.9 Å². The number of aliphatic imine (C=N–C) groups is 1. The monoisotopic (exact) mass is 457 g/mol. The number of nitrogens with zero attached hydrogens (tertiary/aromatic N) is 2. The number of aromatic nitrogens is 1. The number of hydrogen-bond acceptors (Lipinski definition) is 2. The van der Waals surface area contributed by atoms with Gasteiger partial charge in [0.05, 0.1) is 6.54 Å². The van der Waals surface area contributed by atoms with Crippen molar-refractivity contribution in [2.24, 2.45) is 4.99 Å². The maximum atomic E-state index is 4.31. The van der Waals surface area contributed by atoms with Gasteiger partial charge in [-0.1, -0.05) is 18.2 Å². The van der Waals surface area contributed by atoms with Gasteiger partial charge >= 0.3 is 0 Å². The molecule has 0 aliphatic carbocycles. The van der Waals surface area contributed by atoms with Gasteiger partial charge in [0.15, 0.2) is 5.96 Å². The van der Waals surface area contributed by atoms with Crippen LogP contribution in [0.2, 0.25) is 0 Å². The highest BCUT2D eigenvalue weighted by Gasteiger charge is 2.12. The van der Waals surface area contributed by atoms with Crippen molar-refractivity contribution in [2.75, 3.05) is 20.1 Å². The molecule has 0 aliphatic rings. The van der Waals surface area contributed by atoms with E-state index >= 15 is 0 Å². The lowest BCUT2D eigenvalue weighted by molar-refractivity contribution is 0.178. The lowest BCUT2D eigenvalue weighted by Gasteiger charge is -2.30. The van der Waals surface area contributed by atoms with Crippen molar-refractivity contribution in [1.82, 2.24) is 20.5 Å². The van der Waals surface area contributed by atoms with Gasteiger partial charge in [-0.05, 0) is 45.2 Å². The van der Waals surface area contributed by atoms with Gasteiger partial charge in [0, 0.05) is 43.4 Å². The van der Waals surface area contributed by atoms with Crippen LogP contribution in [0.3, 0.4) is 0 Å². The Kier molecular flexibility index (Phi) is 9.27. The smallest absolute Gasteiger partial charge is 0.191 e. The maximum Gasteiger partial charge on any atom is 0.191 e. The molecule has 2 aromatic rings. The van der Waals surface area contributed by atoms with Crippen LogP contribution in [-0.2, 0) is 6.54 Å². The third kappa shape index (κ3) is 6.51. The molecule has 0 spiro atoms. The standard InChI is InChI=1S/C19H31N5.HI/c1-14(2)24(15(3)4)11-10-21-19(20-5)22-13-17-12-16-8-6-7-9-18(16)23-17;/h6-9,12,14-15,23H,10-11,13H2,1-5H3,(H2,20,21,22);1H. The Bertz CT molecular complexity index is 622. The number of para-hydroxylation sites is 1. The molecular formula is C19H32IN5. The minimum atomic E-state index is 0. The highest BCUT2D eigenvalue weighted by atomic mass is 127. The van der Waals surface area contributed by atoms with Gasteiger partial charge in [-0.2, -0.15) is 0 Å². The second kappa shape index (κ2) is 10.7. The van der Waals surface area contributed by atoms with Gasteiger partial charge in [0.1, 0.15) is 0 Å². The Hall–Kier alpha value is -1.28. The van der Waals surface area contributed by atoms with E-state index in [0.717, 1.165) is 31.3 Å². The van der Waals surface area contributed by atoms with Gasteiger partial charge in [0.25, 0.3) is 0 Å². The molecule has 1 aromatic carbocycles. The van der Waals surface area contributed by atoms with Crippen LogP contribution in [0, 0.1) is 0 Å². The molecule has 0 fully saturated rings. The normalized spacial score (nSPS) is 12.1. The quantitative estimate of drug-likeness (QED) is 0.339. The Morgan fingerprint density at radius 1 is 1.12 bits per heavy atom. The molecule has 2 rings (SSSR count). The molecule has 0 unspecified atom stereocenters. The summed E-state index contributed by atoms with van der Waals surface area (Å²) in [5, 5.41) is 8.00. The molecule has 1 aromatic heterocycles. The SMILES string of the molecule is CN=C(NCCN(C(C)C)C(C)C)NCc1cc2ccccc2[nH]1.I. The molecule has 0 radical (unpaired) electrons. The largest absolute Gasteiger partial charge is 0.357 e. The highest BCUT2D eigenvalue weighted by molar-refractivity contribution is 14.0. The minimum absolute atomic E-state index is 0. The summed E-state index contributed by atoms with van der Waals surface area (Å²) in [5.41, 5.74) is 2.33. The van der Waals surface area contributed by atoms with Crippen molar-refractivity contribution in [3.8, 4) is 0 Å². The Morgan fingerprint density at radius 2 is 1.80 bits per heavy atom. The molecule has 5 nitrogen and oxygen atoms in total. The summed E-state index contributed by atoms with van der Waals surface area (Å²) < 4.78 is 0. The van der Waals surface area contributed by atoms with E-state index in [9.17, 15) is 0 Å². The molecule has 0 bridgehead atoms. The van der Waals surface area contributed by atoms with E-state index < -0.39 is 0 Å². The number of benzene rings is 1. The van der Waals surface area contributed by atoms with E-state index in [0.29, 0.717) is 12.1 Å². The van der Waals surface area contributed by atoms with E-state index in [-0.39, 0.29) is 24.0 Å². The van der Waals surface area contributed by atoms with E-state index in [1.807, 2.05) is 13.1 Å². The van der Waals surface area contributed by atoms with E-state index in [4.69, 9.17) is 0 Å². The molecule has 25 heavy (non-hydrogen) atoms. The summed E-state index contributed by atoms with van der Waals surface area (Å²) in [6.45, 7) is 11.6. The first-order valence-electron chi connectivity index (χ1n) is 8.78. The van der Waals surface area contributed by atoms with Crippen LogP contribution in [0.1, 0.15) is 33.4 Å². The Balaban J connectivity index is 0.00000312. The zero-order chi connectivity index (χ0) is 17.5. The lowest BCUT2D eigenvalue weighted by atomic mass is 10.2. The number of hydrogen-bond donors (Lipinski definition) is 3. The number of halogens is 1. The number of guanidine groups is 1. The number of rotatable bonds is 7. The van der Waals surface area contributed by atoms with Crippen LogP contribution in [0.4, 0.5) is 0 Å². The van der Waals surface area contributed by atoms with Gasteiger partial charge in [-0.25, -0.2) is 0 Å². The molecule has 6 heteroatoms. The van der Waals surface area contributed by atoms with Crippen molar-refractivity contribution in [3.63, 3.8) is 0 Å². The second-order valence-corrected chi connectivity index (χ2v) is 6.66. The van der Waals surface area contributed by atoms with Crippen LogP contribution in [0.15, 0.2) is 35.3 Å². The fraction of sp³-hybridized carbons (Fsp3) is 0.526. The molecule has 0 amide bonds. The summed E-state index contributed by atoms with van der Waals surface area (Å²) in [6.07, 6.45) is 0. The van der Waals surface area contributed by atoms with Crippen molar-refractivity contribution >= 4 is 40.8 Å². The molecule has 140 valence electrons. The second-order valence-electron chi connectivity index (χ2n) is 6.66. The van der Waals surface area contributed by atoms with Crippen molar-refractivity contribution in [1.29, 1.82) is 0 Å². The molecule has 0 aliphatic heterocycles. The fourth-order valence-electron chi connectivity index (χ4n) is 3.04. The molecule has 1 heterocycles. The van der Waals surface area contributed by atoms with Gasteiger partial charge in [-0.15, -0.1) is 24.0 Å². The molecule has 0 atom stereocenters. The third-order valence-electron chi connectivity index (χ3n) is 4.24. The van der Waals surface area contributed by atoms with Gasteiger partial charge in [-0.3, -0.25) is 9.89 Å². The minimum Gasteiger partial charge on any atom is -0.357 e. The summed E-state index contributed by atoms with van der Waals surface area (Å²) >= 11 is 0. The molecule has 3 N–H and O–H groups in total. The number of aromatic amines is 1. The number of H-pyrrole nitrogens is 1. The van der Waals surface area contributed by atoms with Crippen LogP contribution in [-0.4, -0.2) is 48.1 Å². The summed E-state index contributed by atoms with van der Waals surface area (Å²) in [7, 11) is 1.81. The predicted octanol–water partition coefficient (Wildman–Crippen LogP) is 3.57. The Labute approximate surface area is 168 Å². The summed E-state index contributed by atoms with van der Waals surface area (Å²) in [6, 6.07) is 11.6. The van der Waals surface area contributed by atoms with Crippen molar-refractivity contribution in [3.05, 3.63) is 36.0 Å². The number of fused-ring (bicyclic) bond motifs is 1. The van der Waals surface area contributed by atoms with Crippen LogP contribution in [0.5, 0.6) is 0 Å². The zero-order valence-corrected chi connectivity index (χ0v) is 18.3.